The van der Waals surface area contributed by atoms with E-state index in [0.29, 0.717) is 17.1 Å². The minimum absolute atomic E-state index is 0.621. The molecule has 2 rings (SSSR count). The van der Waals surface area contributed by atoms with Gasteiger partial charge in [-0.2, -0.15) is 0 Å². The Morgan fingerprint density at radius 3 is 2.19 bits per heavy atom. The van der Waals surface area contributed by atoms with Crippen LogP contribution >= 0.6 is 15.9 Å². The van der Waals surface area contributed by atoms with Crippen molar-refractivity contribution in [2.75, 3.05) is 14.2 Å². The molecule has 0 bridgehead atoms. The van der Waals surface area contributed by atoms with Crippen molar-refractivity contribution in [3.05, 3.63) is 57.1 Å². The molecule has 0 aromatic heterocycles. The Hall–Kier alpha value is -1.52. The Labute approximate surface area is 133 Å². The van der Waals surface area contributed by atoms with Crippen molar-refractivity contribution in [2.45, 2.75) is 20.0 Å². The number of methoxy groups -OCH3 is 2. The number of hydrogen-bond acceptors (Lipinski definition) is 3. The SMILES string of the molecule is COc1cc(C(O)c2ccc(C)cc2C)c(OC)cc1Br. The van der Waals surface area contributed by atoms with Crippen LogP contribution in [0.15, 0.2) is 34.8 Å². The predicted molar refractivity (Wildman–Crippen MR) is 87.2 cm³/mol. The third-order valence-corrected chi connectivity index (χ3v) is 4.14. The van der Waals surface area contributed by atoms with Gasteiger partial charge in [0.15, 0.2) is 0 Å². The van der Waals surface area contributed by atoms with Crippen LogP contribution in [0.1, 0.15) is 28.4 Å². The fourth-order valence-corrected chi connectivity index (χ4v) is 2.88. The average Bonchev–Trinajstić information content (AvgIpc) is 2.46. The van der Waals surface area contributed by atoms with E-state index in [1.54, 1.807) is 26.4 Å². The maximum atomic E-state index is 10.7. The van der Waals surface area contributed by atoms with Gasteiger partial charge >= 0.3 is 0 Å². The van der Waals surface area contributed by atoms with Gasteiger partial charge in [-0.1, -0.05) is 23.8 Å². The summed E-state index contributed by atoms with van der Waals surface area (Å²) >= 11 is 3.43. The zero-order valence-electron chi connectivity index (χ0n) is 12.6. The monoisotopic (exact) mass is 350 g/mol. The van der Waals surface area contributed by atoms with Gasteiger partial charge in [0.05, 0.1) is 18.7 Å². The third kappa shape index (κ3) is 3.22. The van der Waals surface area contributed by atoms with Crippen LogP contribution in [-0.2, 0) is 0 Å². The topological polar surface area (TPSA) is 38.7 Å². The highest BCUT2D eigenvalue weighted by Gasteiger charge is 2.20. The molecule has 0 saturated heterocycles. The quantitative estimate of drug-likeness (QED) is 0.899. The number of rotatable bonds is 4. The number of aliphatic hydroxyl groups is 1. The van der Waals surface area contributed by atoms with Gasteiger partial charge in [0.1, 0.15) is 17.6 Å². The second-order valence-electron chi connectivity index (χ2n) is 4.99. The molecule has 0 aliphatic carbocycles. The number of halogens is 1. The molecule has 112 valence electrons. The molecule has 2 aromatic rings. The summed E-state index contributed by atoms with van der Waals surface area (Å²) in [5.74, 6) is 1.28. The van der Waals surface area contributed by atoms with Crippen LogP contribution in [0.3, 0.4) is 0 Å². The summed E-state index contributed by atoms with van der Waals surface area (Å²) in [5, 5.41) is 10.7. The van der Waals surface area contributed by atoms with Crippen LogP contribution in [-0.4, -0.2) is 19.3 Å². The standard InChI is InChI=1S/C17H19BrO3/c1-10-5-6-12(11(2)7-10)17(19)13-8-16(21-4)14(18)9-15(13)20-3/h5-9,17,19H,1-4H3. The molecule has 0 amide bonds. The van der Waals surface area contributed by atoms with E-state index >= 15 is 0 Å². The van der Waals surface area contributed by atoms with Gasteiger partial charge in [-0.15, -0.1) is 0 Å². The van der Waals surface area contributed by atoms with Crippen LogP contribution < -0.4 is 9.47 Å². The molecule has 1 atom stereocenters. The van der Waals surface area contributed by atoms with Crippen LogP contribution in [0, 0.1) is 13.8 Å². The molecule has 4 heteroatoms. The summed E-state index contributed by atoms with van der Waals surface area (Å²) in [5.41, 5.74) is 3.77. The highest BCUT2D eigenvalue weighted by atomic mass is 79.9. The fraction of sp³-hybridized carbons (Fsp3) is 0.294. The lowest BCUT2D eigenvalue weighted by atomic mass is 9.95. The van der Waals surface area contributed by atoms with Crippen molar-refractivity contribution in [3.8, 4) is 11.5 Å². The molecule has 3 nitrogen and oxygen atoms in total. The highest BCUT2D eigenvalue weighted by Crippen LogP contribution is 2.38. The lowest BCUT2D eigenvalue weighted by Crippen LogP contribution is -2.05. The molecule has 1 unspecified atom stereocenters. The van der Waals surface area contributed by atoms with Gasteiger partial charge in [-0.25, -0.2) is 0 Å². The Bertz CT molecular complexity index is 653. The minimum Gasteiger partial charge on any atom is -0.496 e. The average molecular weight is 351 g/mol. The van der Waals surface area contributed by atoms with E-state index in [1.807, 2.05) is 26.0 Å². The number of aryl methyl sites for hydroxylation is 2. The molecule has 0 aliphatic rings. The second kappa shape index (κ2) is 6.50. The molecule has 0 fully saturated rings. The van der Waals surface area contributed by atoms with Gasteiger partial charge in [0.25, 0.3) is 0 Å². The van der Waals surface area contributed by atoms with Crippen molar-refractivity contribution < 1.29 is 14.6 Å². The van der Waals surface area contributed by atoms with Crippen molar-refractivity contribution in [3.63, 3.8) is 0 Å². The van der Waals surface area contributed by atoms with Crippen molar-refractivity contribution in [1.29, 1.82) is 0 Å². The molecular formula is C17H19BrO3. The van der Waals surface area contributed by atoms with Gasteiger partial charge in [-0.3, -0.25) is 0 Å². The lowest BCUT2D eigenvalue weighted by Gasteiger charge is -2.19. The third-order valence-electron chi connectivity index (χ3n) is 3.52. The van der Waals surface area contributed by atoms with Gasteiger partial charge < -0.3 is 14.6 Å². The van der Waals surface area contributed by atoms with E-state index in [0.717, 1.165) is 15.6 Å². The summed E-state index contributed by atoms with van der Waals surface area (Å²) in [6.45, 7) is 4.03. The molecule has 2 aromatic carbocycles. The Morgan fingerprint density at radius 2 is 1.62 bits per heavy atom. The lowest BCUT2D eigenvalue weighted by molar-refractivity contribution is 0.213. The first kappa shape index (κ1) is 15.9. The number of benzene rings is 2. The molecule has 21 heavy (non-hydrogen) atoms. The van der Waals surface area contributed by atoms with Crippen LogP contribution in [0.25, 0.3) is 0 Å². The van der Waals surface area contributed by atoms with E-state index in [9.17, 15) is 5.11 Å². The maximum Gasteiger partial charge on any atom is 0.133 e. The summed E-state index contributed by atoms with van der Waals surface area (Å²) in [7, 11) is 3.19. The van der Waals surface area contributed by atoms with Gasteiger partial charge in [0.2, 0.25) is 0 Å². The highest BCUT2D eigenvalue weighted by molar-refractivity contribution is 9.10. The number of hydrogen-bond donors (Lipinski definition) is 1. The largest absolute Gasteiger partial charge is 0.496 e. The van der Waals surface area contributed by atoms with Gasteiger partial charge in [0, 0.05) is 5.56 Å². The van der Waals surface area contributed by atoms with E-state index in [4.69, 9.17) is 9.47 Å². The minimum atomic E-state index is -0.762. The molecule has 0 heterocycles. The summed E-state index contributed by atoms with van der Waals surface area (Å²) in [4.78, 5) is 0. The van der Waals surface area contributed by atoms with Crippen molar-refractivity contribution in [1.82, 2.24) is 0 Å². The summed E-state index contributed by atoms with van der Waals surface area (Å²) in [6, 6.07) is 9.60. The van der Waals surface area contributed by atoms with E-state index < -0.39 is 6.10 Å². The van der Waals surface area contributed by atoms with E-state index in [1.165, 1.54) is 5.56 Å². The summed E-state index contributed by atoms with van der Waals surface area (Å²) in [6.07, 6.45) is -0.762. The summed E-state index contributed by atoms with van der Waals surface area (Å²) < 4.78 is 11.5. The van der Waals surface area contributed by atoms with Crippen molar-refractivity contribution >= 4 is 15.9 Å². The molecule has 1 N–H and O–H groups in total. The van der Waals surface area contributed by atoms with E-state index in [2.05, 4.69) is 22.0 Å². The molecular weight excluding hydrogens is 332 g/mol. The van der Waals surface area contributed by atoms with Gasteiger partial charge in [-0.05, 0) is 53.0 Å². The Morgan fingerprint density at radius 1 is 0.952 bits per heavy atom. The molecule has 0 saturated carbocycles. The number of ether oxygens (including phenoxy) is 2. The Balaban J connectivity index is 2.53. The smallest absolute Gasteiger partial charge is 0.133 e. The first-order valence-electron chi connectivity index (χ1n) is 6.64. The fourth-order valence-electron chi connectivity index (χ4n) is 2.40. The Kier molecular flexibility index (Phi) is 4.91. The normalized spacial score (nSPS) is 12.1. The zero-order valence-corrected chi connectivity index (χ0v) is 14.2. The van der Waals surface area contributed by atoms with Crippen LogP contribution in [0.4, 0.5) is 0 Å². The molecule has 0 spiro atoms. The second-order valence-corrected chi connectivity index (χ2v) is 5.85. The zero-order chi connectivity index (χ0) is 15.6. The first-order valence-corrected chi connectivity index (χ1v) is 7.44. The maximum absolute atomic E-state index is 10.7. The predicted octanol–water partition coefficient (Wildman–Crippen LogP) is 4.16. The van der Waals surface area contributed by atoms with Crippen molar-refractivity contribution in [2.24, 2.45) is 0 Å². The molecule has 0 radical (unpaired) electrons. The van der Waals surface area contributed by atoms with E-state index in [-0.39, 0.29) is 0 Å². The number of aliphatic hydroxyl groups excluding tert-OH is 1. The van der Waals surface area contributed by atoms with Crippen LogP contribution in [0.2, 0.25) is 0 Å². The molecule has 0 aliphatic heterocycles. The first-order chi connectivity index (χ1) is 9.97. The van der Waals surface area contributed by atoms with Crippen LogP contribution in [0.5, 0.6) is 11.5 Å².